The van der Waals surface area contributed by atoms with Gasteiger partial charge in [-0.1, -0.05) is 58.8 Å². The van der Waals surface area contributed by atoms with E-state index in [2.05, 4.69) is 13.8 Å². The molecular weight excluding hydrogens is 440 g/mol. The minimum Gasteiger partial charge on any atom is -0.463 e. The van der Waals surface area contributed by atoms with Crippen molar-refractivity contribution >= 4 is 5.97 Å². The molecule has 0 aromatic carbocycles. The predicted molar refractivity (Wildman–Crippen MR) is 133 cm³/mol. The standard InChI is InChI=1S/C26H52O8/c1-3-5-7-8-9-10-12-26(27)34-25-24-33-23-22-32-21-20-31-19-18-30-17-16-29-15-14-28-13-11-6-4-2/h3-25H2,1-2H3. The Morgan fingerprint density at radius 1 is 0.412 bits per heavy atom. The first-order valence-electron chi connectivity index (χ1n) is 13.4. The summed E-state index contributed by atoms with van der Waals surface area (Å²) in [6, 6.07) is 0. The second-order valence-electron chi connectivity index (χ2n) is 8.12. The average molecular weight is 493 g/mol. The molecule has 0 fully saturated rings. The smallest absolute Gasteiger partial charge is 0.305 e. The first kappa shape index (κ1) is 33.2. The zero-order chi connectivity index (χ0) is 24.8. The topological polar surface area (TPSA) is 81.7 Å². The summed E-state index contributed by atoms with van der Waals surface area (Å²) in [6.07, 6.45) is 11.0. The maximum atomic E-state index is 11.6. The van der Waals surface area contributed by atoms with E-state index in [0.29, 0.717) is 85.7 Å². The van der Waals surface area contributed by atoms with Gasteiger partial charge < -0.3 is 33.2 Å². The molecule has 0 amide bonds. The highest BCUT2D eigenvalue weighted by atomic mass is 16.6. The monoisotopic (exact) mass is 492 g/mol. The molecule has 0 unspecified atom stereocenters. The molecule has 8 heteroatoms. The molecule has 0 aromatic rings. The molecule has 0 saturated carbocycles. The van der Waals surface area contributed by atoms with Gasteiger partial charge in [-0.3, -0.25) is 4.79 Å². The minimum absolute atomic E-state index is 0.133. The van der Waals surface area contributed by atoms with Crippen molar-refractivity contribution in [3.8, 4) is 0 Å². The van der Waals surface area contributed by atoms with Gasteiger partial charge in [-0.25, -0.2) is 0 Å². The second-order valence-corrected chi connectivity index (χ2v) is 8.12. The Kier molecular flexibility index (Phi) is 29.6. The highest BCUT2D eigenvalue weighted by molar-refractivity contribution is 5.69. The van der Waals surface area contributed by atoms with Gasteiger partial charge in [0.2, 0.25) is 0 Å². The summed E-state index contributed by atoms with van der Waals surface area (Å²) in [7, 11) is 0. The van der Waals surface area contributed by atoms with Gasteiger partial charge in [-0.15, -0.1) is 0 Å². The SMILES string of the molecule is CCCCCCCCC(=O)OCCOCCOCCOCCOCCOCCOCCCCC. The molecule has 0 rings (SSSR count). The fourth-order valence-electron chi connectivity index (χ4n) is 2.99. The van der Waals surface area contributed by atoms with Crippen molar-refractivity contribution in [1.29, 1.82) is 0 Å². The minimum atomic E-state index is -0.133. The molecule has 0 spiro atoms. The van der Waals surface area contributed by atoms with Crippen LogP contribution in [0.4, 0.5) is 0 Å². The molecular formula is C26H52O8. The van der Waals surface area contributed by atoms with E-state index in [4.69, 9.17) is 33.2 Å². The highest BCUT2D eigenvalue weighted by Crippen LogP contribution is 2.07. The fourth-order valence-corrected chi connectivity index (χ4v) is 2.99. The van der Waals surface area contributed by atoms with E-state index >= 15 is 0 Å². The van der Waals surface area contributed by atoms with E-state index in [1.54, 1.807) is 0 Å². The van der Waals surface area contributed by atoms with Crippen LogP contribution in [0, 0.1) is 0 Å². The van der Waals surface area contributed by atoms with Crippen LogP contribution in [0.25, 0.3) is 0 Å². The summed E-state index contributed by atoms with van der Waals surface area (Å²) in [5.41, 5.74) is 0. The van der Waals surface area contributed by atoms with Crippen LogP contribution in [-0.4, -0.2) is 91.9 Å². The van der Waals surface area contributed by atoms with Crippen LogP contribution in [0.1, 0.15) is 78.1 Å². The summed E-state index contributed by atoms with van der Waals surface area (Å²) < 4.78 is 37.8. The van der Waals surface area contributed by atoms with Gasteiger partial charge in [-0.05, 0) is 12.8 Å². The van der Waals surface area contributed by atoms with E-state index in [0.717, 1.165) is 25.9 Å². The average Bonchev–Trinajstić information content (AvgIpc) is 2.84. The number of hydrogen-bond donors (Lipinski definition) is 0. The zero-order valence-electron chi connectivity index (χ0n) is 22.0. The normalized spacial score (nSPS) is 11.2. The van der Waals surface area contributed by atoms with Gasteiger partial charge in [0, 0.05) is 13.0 Å². The molecule has 0 aliphatic rings. The lowest BCUT2D eigenvalue weighted by Gasteiger charge is -2.08. The number of esters is 1. The molecule has 204 valence electrons. The summed E-state index contributed by atoms with van der Waals surface area (Å²) in [5.74, 6) is -0.133. The van der Waals surface area contributed by atoms with Crippen molar-refractivity contribution < 1.29 is 38.0 Å². The number of carbonyl (C=O) groups excluding carboxylic acids is 1. The quantitative estimate of drug-likeness (QED) is 0.111. The van der Waals surface area contributed by atoms with Crippen LogP contribution in [-0.2, 0) is 38.0 Å². The van der Waals surface area contributed by atoms with Crippen molar-refractivity contribution in [1.82, 2.24) is 0 Å². The lowest BCUT2D eigenvalue weighted by molar-refractivity contribution is -0.145. The Balaban J connectivity index is 3.09. The van der Waals surface area contributed by atoms with Crippen LogP contribution in [0.3, 0.4) is 0 Å². The third-order valence-electron chi connectivity index (χ3n) is 4.98. The fraction of sp³-hybridized carbons (Fsp3) is 0.962. The Morgan fingerprint density at radius 2 is 0.765 bits per heavy atom. The van der Waals surface area contributed by atoms with Gasteiger partial charge in [0.25, 0.3) is 0 Å². The molecule has 0 aromatic heterocycles. The maximum absolute atomic E-state index is 11.6. The van der Waals surface area contributed by atoms with E-state index in [1.165, 1.54) is 38.5 Å². The first-order chi connectivity index (χ1) is 16.8. The Hall–Kier alpha value is -0.770. The summed E-state index contributed by atoms with van der Waals surface area (Å²) in [4.78, 5) is 11.6. The van der Waals surface area contributed by atoms with Crippen molar-refractivity contribution in [3.63, 3.8) is 0 Å². The Labute approximate surface area is 208 Å². The van der Waals surface area contributed by atoms with Crippen LogP contribution < -0.4 is 0 Å². The Morgan fingerprint density at radius 3 is 1.24 bits per heavy atom. The molecule has 0 aliphatic heterocycles. The van der Waals surface area contributed by atoms with Gasteiger partial charge >= 0.3 is 5.97 Å². The van der Waals surface area contributed by atoms with E-state index in [1.807, 2.05) is 0 Å². The first-order valence-corrected chi connectivity index (χ1v) is 13.4. The van der Waals surface area contributed by atoms with Crippen molar-refractivity contribution in [2.24, 2.45) is 0 Å². The van der Waals surface area contributed by atoms with Crippen molar-refractivity contribution in [3.05, 3.63) is 0 Å². The second kappa shape index (κ2) is 30.3. The molecule has 0 bridgehead atoms. The number of carbonyl (C=O) groups is 1. The molecule has 8 nitrogen and oxygen atoms in total. The summed E-state index contributed by atoms with van der Waals surface area (Å²) in [5, 5.41) is 0. The maximum Gasteiger partial charge on any atom is 0.305 e. The number of ether oxygens (including phenoxy) is 7. The lowest BCUT2D eigenvalue weighted by Crippen LogP contribution is -2.15. The molecule has 0 heterocycles. The van der Waals surface area contributed by atoms with Gasteiger partial charge in [0.05, 0.1) is 72.7 Å². The van der Waals surface area contributed by atoms with Gasteiger partial charge in [0.15, 0.2) is 0 Å². The molecule has 34 heavy (non-hydrogen) atoms. The van der Waals surface area contributed by atoms with E-state index in [-0.39, 0.29) is 5.97 Å². The molecule has 0 N–H and O–H groups in total. The van der Waals surface area contributed by atoms with Gasteiger partial charge in [-0.2, -0.15) is 0 Å². The molecule has 0 atom stereocenters. The van der Waals surface area contributed by atoms with Gasteiger partial charge in [0.1, 0.15) is 6.61 Å². The molecule has 0 saturated heterocycles. The molecule has 0 aliphatic carbocycles. The summed E-state index contributed by atoms with van der Waals surface area (Å²) in [6.45, 7) is 11.3. The third-order valence-corrected chi connectivity index (χ3v) is 4.98. The van der Waals surface area contributed by atoms with Crippen LogP contribution >= 0.6 is 0 Å². The van der Waals surface area contributed by atoms with Crippen molar-refractivity contribution in [2.45, 2.75) is 78.1 Å². The van der Waals surface area contributed by atoms with E-state index < -0.39 is 0 Å². The third kappa shape index (κ3) is 29.3. The summed E-state index contributed by atoms with van der Waals surface area (Å²) >= 11 is 0. The highest BCUT2D eigenvalue weighted by Gasteiger charge is 2.02. The molecule has 0 radical (unpaired) electrons. The lowest BCUT2D eigenvalue weighted by atomic mass is 10.1. The number of unbranched alkanes of at least 4 members (excludes halogenated alkanes) is 7. The zero-order valence-corrected chi connectivity index (χ0v) is 22.0. The predicted octanol–water partition coefficient (Wildman–Crippen LogP) is 4.57. The Bertz CT molecular complexity index is 395. The number of rotatable bonds is 29. The van der Waals surface area contributed by atoms with Crippen LogP contribution in [0.5, 0.6) is 0 Å². The van der Waals surface area contributed by atoms with Crippen LogP contribution in [0.2, 0.25) is 0 Å². The van der Waals surface area contributed by atoms with Crippen molar-refractivity contribution in [2.75, 3.05) is 85.9 Å². The van der Waals surface area contributed by atoms with Crippen LogP contribution in [0.15, 0.2) is 0 Å². The largest absolute Gasteiger partial charge is 0.463 e. The van der Waals surface area contributed by atoms with E-state index in [9.17, 15) is 4.79 Å². The number of hydrogen-bond acceptors (Lipinski definition) is 8.